The maximum Gasteiger partial charge on any atom is 0.191 e. The standard InChI is InChI=1S/C21H27N7O/c1-14-6-15(2)28(25-14)21-7-20(23-13-24-21)27-11-17-9-26(10-18(17)12-27)5-4-19-8-22-16(3)29-19/h6-8,13,17-18H,4-5,9-12H2,1-3H3. The molecule has 8 nitrogen and oxygen atoms in total. The van der Waals surface area contributed by atoms with Crippen LogP contribution in [0.4, 0.5) is 5.82 Å². The summed E-state index contributed by atoms with van der Waals surface area (Å²) in [5, 5.41) is 4.55. The second kappa shape index (κ2) is 7.26. The summed E-state index contributed by atoms with van der Waals surface area (Å²) in [5.41, 5.74) is 2.09. The molecule has 152 valence electrons. The predicted octanol–water partition coefficient (Wildman–Crippen LogP) is 2.19. The average molecular weight is 393 g/mol. The number of likely N-dealkylation sites (tertiary alicyclic amines) is 1. The van der Waals surface area contributed by atoms with E-state index in [4.69, 9.17) is 4.42 Å². The van der Waals surface area contributed by atoms with Gasteiger partial charge in [-0.05, 0) is 31.7 Å². The number of nitrogens with zero attached hydrogens (tertiary/aromatic N) is 7. The van der Waals surface area contributed by atoms with Gasteiger partial charge in [0.2, 0.25) is 0 Å². The van der Waals surface area contributed by atoms with E-state index in [-0.39, 0.29) is 0 Å². The molecule has 2 fully saturated rings. The van der Waals surface area contributed by atoms with Gasteiger partial charge in [-0.1, -0.05) is 0 Å². The lowest BCUT2D eigenvalue weighted by atomic mass is 10.0. The van der Waals surface area contributed by atoms with Gasteiger partial charge < -0.3 is 14.2 Å². The third-order valence-electron chi connectivity index (χ3n) is 6.09. The van der Waals surface area contributed by atoms with Crippen molar-refractivity contribution in [3.8, 4) is 5.82 Å². The third kappa shape index (κ3) is 3.64. The van der Waals surface area contributed by atoms with Crippen molar-refractivity contribution in [3.05, 3.63) is 47.7 Å². The molecule has 2 atom stereocenters. The lowest BCUT2D eigenvalue weighted by molar-refractivity contribution is 0.309. The Kier molecular flexibility index (Phi) is 4.58. The van der Waals surface area contributed by atoms with Crippen LogP contribution in [0.2, 0.25) is 0 Å². The summed E-state index contributed by atoms with van der Waals surface area (Å²) in [5.74, 6) is 4.96. The van der Waals surface area contributed by atoms with Crippen molar-refractivity contribution >= 4 is 5.82 Å². The highest BCUT2D eigenvalue weighted by atomic mass is 16.4. The summed E-state index contributed by atoms with van der Waals surface area (Å²) in [6.07, 6.45) is 4.44. The quantitative estimate of drug-likeness (QED) is 0.658. The lowest BCUT2D eigenvalue weighted by Crippen LogP contribution is -2.30. The van der Waals surface area contributed by atoms with Crippen molar-refractivity contribution in [2.24, 2.45) is 11.8 Å². The molecular weight excluding hydrogens is 366 g/mol. The van der Waals surface area contributed by atoms with Gasteiger partial charge in [-0.2, -0.15) is 5.10 Å². The van der Waals surface area contributed by atoms with E-state index in [1.165, 1.54) is 0 Å². The molecular formula is C21H27N7O. The number of hydrogen-bond donors (Lipinski definition) is 0. The fourth-order valence-electron chi connectivity index (χ4n) is 4.74. The van der Waals surface area contributed by atoms with Crippen LogP contribution in [0.15, 0.2) is 29.1 Å². The highest BCUT2D eigenvalue weighted by Gasteiger charge is 2.40. The molecule has 5 rings (SSSR count). The molecule has 3 aromatic heterocycles. The molecule has 29 heavy (non-hydrogen) atoms. The van der Waals surface area contributed by atoms with Crippen LogP contribution in [0.1, 0.15) is 23.0 Å². The fourth-order valence-corrected chi connectivity index (χ4v) is 4.74. The molecule has 0 bridgehead atoms. The molecule has 2 aliphatic rings. The van der Waals surface area contributed by atoms with Gasteiger partial charge in [0, 0.05) is 57.8 Å². The number of aryl methyl sites for hydroxylation is 3. The van der Waals surface area contributed by atoms with Crippen LogP contribution in [0, 0.1) is 32.6 Å². The minimum absolute atomic E-state index is 0.693. The van der Waals surface area contributed by atoms with Crippen molar-refractivity contribution in [2.45, 2.75) is 27.2 Å². The van der Waals surface area contributed by atoms with Crippen molar-refractivity contribution in [1.82, 2.24) is 29.6 Å². The van der Waals surface area contributed by atoms with Gasteiger partial charge in [-0.15, -0.1) is 0 Å². The highest BCUT2D eigenvalue weighted by Crippen LogP contribution is 2.33. The second-order valence-electron chi connectivity index (χ2n) is 8.35. The van der Waals surface area contributed by atoms with Gasteiger partial charge in [0.15, 0.2) is 11.7 Å². The van der Waals surface area contributed by atoms with Crippen molar-refractivity contribution in [2.75, 3.05) is 37.6 Å². The Morgan fingerprint density at radius 2 is 1.72 bits per heavy atom. The maximum atomic E-state index is 5.60. The molecule has 2 aliphatic heterocycles. The van der Waals surface area contributed by atoms with Crippen molar-refractivity contribution in [1.29, 1.82) is 0 Å². The highest BCUT2D eigenvalue weighted by molar-refractivity contribution is 5.45. The minimum Gasteiger partial charge on any atom is -0.446 e. The van der Waals surface area contributed by atoms with Crippen molar-refractivity contribution in [3.63, 3.8) is 0 Å². The van der Waals surface area contributed by atoms with Gasteiger partial charge in [-0.3, -0.25) is 0 Å². The summed E-state index contributed by atoms with van der Waals surface area (Å²) in [6, 6.07) is 4.13. The molecule has 0 amide bonds. The molecule has 0 radical (unpaired) electrons. The number of oxazole rings is 1. The van der Waals surface area contributed by atoms with E-state index in [1.54, 1.807) is 6.33 Å². The summed E-state index contributed by atoms with van der Waals surface area (Å²) in [6.45, 7) is 11.4. The normalized spacial score (nSPS) is 21.8. The zero-order valence-electron chi connectivity index (χ0n) is 17.2. The van der Waals surface area contributed by atoms with E-state index < -0.39 is 0 Å². The van der Waals surface area contributed by atoms with Crippen LogP contribution in [-0.2, 0) is 6.42 Å². The molecule has 2 unspecified atom stereocenters. The lowest BCUT2D eigenvalue weighted by Gasteiger charge is -2.22. The Bertz CT molecular complexity index is 996. The van der Waals surface area contributed by atoms with E-state index in [0.717, 1.165) is 73.8 Å². The Hall–Kier alpha value is -2.74. The smallest absolute Gasteiger partial charge is 0.191 e. The monoisotopic (exact) mass is 393 g/mol. The number of hydrogen-bond acceptors (Lipinski definition) is 7. The first-order valence-electron chi connectivity index (χ1n) is 10.3. The van der Waals surface area contributed by atoms with E-state index in [2.05, 4.69) is 48.9 Å². The second-order valence-corrected chi connectivity index (χ2v) is 8.35. The summed E-state index contributed by atoms with van der Waals surface area (Å²) in [7, 11) is 0. The van der Waals surface area contributed by atoms with E-state index in [0.29, 0.717) is 11.8 Å². The Balaban J connectivity index is 1.21. The SMILES string of the molecule is Cc1cc(C)n(-c2cc(N3CC4CN(CCc5cnc(C)o5)CC4C3)ncn2)n1. The molecule has 0 aromatic carbocycles. The number of aromatic nitrogens is 5. The summed E-state index contributed by atoms with van der Waals surface area (Å²) >= 11 is 0. The van der Waals surface area contributed by atoms with Gasteiger partial charge >= 0.3 is 0 Å². The van der Waals surface area contributed by atoms with Gasteiger partial charge in [-0.25, -0.2) is 19.6 Å². The van der Waals surface area contributed by atoms with E-state index in [1.807, 2.05) is 24.7 Å². The molecule has 0 aliphatic carbocycles. The van der Waals surface area contributed by atoms with Crippen LogP contribution in [-0.4, -0.2) is 62.4 Å². The van der Waals surface area contributed by atoms with Crippen LogP contribution < -0.4 is 4.90 Å². The molecule has 3 aromatic rings. The summed E-state index contributed by atoms with van der Waals surface area (Å²) in [4.78, 5) is 18.1. The van der Waals surface area contributed by atoms with Crippen LogP contribution in [0.5, 0.6) is 0 Å². The first-order chi connectivity index (χ1) is 14.0. The van der Waals surface area contributed by atoms with Crippen LogP contribution in [0.3, 0.4) is 0 Å². The predicted molar refractivity (Wildman–Crippen MR) is 109 cm³/mol. The first kappa shape index (κ1) is 18.3. The van der Waals surface area contributed by atoms with Crippen molar-refractivity contribution < 1.29 is 4.42 Å². The van der Waals surface area contributed by atoms with E-state index >= 15 is 0 Å². The molecule has 2 saturated heterocycles. The average Bonchev–Trinajstić information content (AvgIpc) is 3.44. The zero-order chi connectivity index (χ0) is 20.0. The number of anilines is 1. The Morgan fingerprint density at radius 3 is 2.38 bits per heavy atom. The fraction of sp³-hybridized carbons (Fsp3) is 0.524. The van der Waals surface area contributed by atoms with Crippen LogP contribution in [0.25, 0.3) is 5.82 Å². The maximum absolute atomic E-state index is 5.60. The van der Waals surface area contributed by atoms with Gasteiger partial charge in [0.1, 0.15) is 17.9 Å². The Morgan fingerprint density at radius 1 is 0.966 bits per heavy atom. The summed E-state index contributed by atoms with van der Waals surface area (Å²) < 4.78 is 7.50. The number of fused-ring (bicyclic) bond motifs is 1. The first-order valence-corrected chi connectivity index (χ1v) is 10.3. The molecule has 0 spiro atoms. The zero-order valence-corrected chi connectivity index (χ0v) is 17.2. The minimum atomic E-state index is 0.693. The third-order valence-corrected chi connectivity index (χ3v) is 6.09. The topological polar surface area (TPSA) is 76.1 Å². The molecule has 5 heterocycles. The Labute approximate surface area is 170 Å². The molecule has 8 heteroatoms. The van der Waals surface area contributed by atoms with E-state index in [9.17, 15) is 0 Å². The molecule has 0 N–H and O–H groups in total. The van der Waals surface area contributed by atoms with Crippen LogP contribution >= 0.6 is 0 Å². The van der Waals surface area contributed by atoms with Gasteiger partial charge in [0.25, 0.3) is 0 Å². The number of rotatable bonds is 5. The van der Waals surface area contributed by atoms with Gasteiger partial charge in [0.05, 0.1) is 11.9 Å². The largest absolute Gasteiger partial charge is 0.446 e. The molecule has 0 saturated carbocycles.